The van der Waals surface area contributed by atoms with Crippen LogP contribution in [0.25, 0.3) is 22.0 Å². The van der Waals surface area contributed by atoms with E-state index in [1.807, 2.05) is 87.6 Å². The number of nitrogens with one attached hydrogen (secondary N) is 1. The van der Waals surface area contributed by atoms with E-state index in [0.717, 1.165) is 27.6 Å². The predicted octanol–water partition coefficient (Wildman–Crippen LogP) is 5.46. The Morgan fingerprint density at radius 2 is 1.90 bits per heavy atom. The Kier molecular flexibility index (Phi) is 5.53. The van der Waals surface area contributed by atoms with E-state index in [9.17, 15) is 4.79 Å². The van der Waals surface area contributed by atoms with E-state index < -0.39 is 0 Å². The van der Waals surface area contributed by atoms with Gasteiger partial charge in [0.05, 0.1) is 24.4 Å². The van der Waals surface area contributed by atoms with Gasteiger partial charge in [0.2, 0.25) is 0 Å². The molecule has 0 bridgehead atoms. The second kappa shape index (κ2) is 8.41. The molecule has 0 saturated carbocycles. The summed E-state index contributed by atoms with van der Waals surface area (Å²) in [7, 11) is 1.83. The lowest BCUT2D eigenvalue weighted by Gasteiger charge is -2.26. The minimum absolute atomic E-state index is 0.0559. The molecule has 4 aromatic rings. The van der Waals surface area contributed by atoms with Gasteiger partial charge in [0.1, 0.15) is 5.75 Å². The Hall–Kier alpha value is -3.60. The lowest BCUT2D eigenvalue weighted by Crippen LogP contribution is -2.29. The third-order valence-corrected chi connectivity index (χ3v) is 5.47. The number of hydrogen-bond donors (Lipinski definition) is 1. The first-order valence-electron chi connectivity index (χ1n) is 10.1. The van der Waals surface area contributed by atoms with Crippen molar-refractivity contribution in [3.05, 3.63) is 84.1 Å². The van der Waals surface area contributed by atoms with E-state index >= 15 is 0 Å². The zero-order valence-electron chi connectivity index (χ0n) is 17.4. The van der Waals surface area contributed by atoms with Gasteiger partial charge >= 0.3 is 0 Å². The Morgan fingerprint density at radius 1 is 1.10 bits per heavy atom. The fourth-order valence-corrected chi connectivity index (χ4v) is 3.71. The zero-order chi connectivity index (χ0) is 21.1. The van der Waals surface area contributed by atoms with Gasteiger partial charge in [0.25, 0.3) is 5.91 Å². The van der Waals surface area contributed by atoms with Crippen molar-refractivity contribution in [3.63, 3.8) is 0 Å². The van der Waals surface area contributed by atoms with Gasteiger partial charge in [-0.2, -0.15) is 5.10 Å². The predicted molar refractivity (Wildman–Crippen MR) is 120 cm³/mol. The average Bonchev–Trinajstić information content (AvgIpc) is 3.27. The first-order chi connectivity index (χ1) is 14.6. The first-order valence-corrected chi connectivity index (χ1v) is 10.1. The monoisotopic (exact) mass is 399 g/mol. The highest BCUT2D eigenvalue weighted by molar-refractivity contribution is 5.96. The molecule has 0 radical (unpaired) electrons. The summed E-state index contributed by atoms with van der Waals surface area (Å²) in [4.78, 5) is 15.0. The highest BCUT2D eigenvalue weighted by Gasteiger charge is 2.22. The van der Waals surface area contributed by atoms with Crippen molar-refractivity contribution in [1.29, 1.82) is 0 Å². The third-order valence-electron chi connectivity index (χ3n) is 5.47. The van der Waals surface area contributed by atoms with Gasteiger partial charge in [-0.05, 0) is 37.6 Å². The molecule has 1 N–H and O–H groups in total. The van der Waals surface area contributed by atoms with Crippen molar-refractivity contribution < 1.29 is 9.53 Å². The van der Waals surface area contributed by atoms with E-state index in [0.29, 0.717) is 17.9 Å². The van der Waals surface area contributed by atoms with E-state index in [2.05, 4.69) is 10.2 Å². The number of nitrogens with zero attached hydrogens (tertiary/aromatic N) is 2. The number of amides is 1. The van der Waals surface area contributed by atoms with Gasteiger partial charge < -0.3 is 9.64 Å². The normalized spacial score (nSPS) is 12.0. The maximum atomic E-state index is 13.3. The van der Waals surface area contributed by atoms with Crippen molar-refractivity contribution in [2.24, 2.45) is 0 Å². The van der Waals surface area contributed by atoms with Crippen molar-refractivity contribution >= 4 is 16.8 Å². The molecule has 1 amide bonds. The molecule has 152 valence electrons. The number of benzene rings is 3. The van der Waals surface area contributed by atoms with Crippen LogP contribution in [0.1, 0.15) is 35.8 Å². The number of ether oxygens (including phenoxy) is 1. The average molecular weight is 399 g/mol. The quantitative estimate of drug-likeness (QED) is 0.468. The van der Waals surface area contributed by atoms with E-state index in [1.165, 1.54) is 0 Å². The summed E-state index contributed by atoms with van der Waals surface area (Å²) >= 11 is 0. The molecule has 5 heteroatoms. The summed E-state index contributed by atoms with van der Waals surface area (Å²) in [5.41, 5.74) is 4.63. The maximum absolute atomic E-state index is 13.3. The molecule has 1 heterocycles. The van der Waals surface area contributed by atoms with E-state index in [4.69, 9.17) is 4.74 Å². The van der Waals surface area contributed by atoms with E-state index in [-0.39, 0.29) is 11.9 Å². The van der Waals surface area contributed by atoms with Crippen LogP contribution in [-0.2, 0) is 0 Å². The fraction of sp³-hybridized carbons (Fsp3) is 0.200. The first kappa shape index (κ1) is 19.7. The number of carbonyl (C=O) groups is 1. The van der Waals surface area contributed by atoms with Crippen molar-refractivity contribution in [2.75, 3.05) is 13.7 Å². The smallest absolute Gasteiger partial charge is 0.254 e. The molecule has 0 aliphatic carbocycles. The molecule has 5 nitrogen and oxygen atoms in total. The zero-order valence-corrected chi connectivity index (χ0v) is 17.4. The summed E-state index contributed by atoms with van der Waals surface area (Å²) in [5.74, 6) is 0.658. The number of fused-ring (bicyclic) bond motifs is 1. The highest BCUT2D eigenvalue weighted by atomic mass is 16.5. The molecule has 0 saturated heterocycles. The van der Waals surface area contributed by atoms with Gasteiger partial charge in [-0.1, -0.05) is 48.5 Å². The summed E-state index contributed by atoms with van der Waals surface area (Å²) in [6, 6.07) is 21.6. The second-order valence-electron chi connectivity index (χ2n) is 7.28. The Bertz CT molecular complexity index is 1170. The molecular weight excluding hydrogens is 374 g/mol. The van der Waals surface area contributed by atoms with Crippen LogP contribution in [-0.4, -0.2) is 34.7 Å². The number of aromatic nitrogens is 2. The topological polar surface area (TPSA) is 58.2 Å². The minimum Gasteiger partial charge on any atom is -0.493 e. The second-order valence-corrected chi connectivity index (χ2v) is 7.28. The summed E-state index contributed by atoms with van der Waals surface area (Å²) in [6.07, 6.45) is 1.80. The van der Waals surface area contributed by atoms with Gasteiger partial charge in [-0.3, -0.25) is 9.89 Å². The number of para-hydroxylation sites is 1. The molecule has 0 spiro atoms. The van der Waals surface area contributed by atoms with Crippen LogP contribution in [0.5, 0.6) is 5.75 Å². The third kappa shape index (κ3) is 3.66. The lowest BCUT2D eigenvalue weighted by atomic mass is 10.0. The van der Waals surface area contributed by atoms with Crippen LogP contribution in [0.3, 0.4) is 0 Å². The Balaban J connectivity index is 1.65. The molecule has 0 aliphatic heterocycles. The molecule has 30 heavy (non-hydrogen) atoms. The standard InChI is InChI=1S/C25H25N3O2/c1-4-30-23-15-19(13-14-22(23)18-9-6-5-7-10-18)25(29)28(3)17(2)21-12-8-11-20-16-26-27-24(20)21/h5-17H,4H2,1-3H3,(H,26,27)/t17-/m1/s1. The molecule has 1 aromatic heterocycles. The van der Waals surface area contributed by atoms with Gasteiger partial charge in [-0.25, -0.2) is 0 Å². The number of carbonyl (C=O) groups excluding carboxylic acids is 1. The number of H-pyrrole nitrogens is 1. The summed E-state index contributed by atoms with van der Waals surface area (Å²) in [5, 5.41) is 8.21. The van der Waals surface area contributed by atoms with Crippen LogP contribution in [0.4, 0.5) is 0 Å². The summed E-state index contributed by atoms with van der Waals surface area (Å²) in [6.45, 7) is 4.50. The SMILES string of the molecule is CCOc1cc(C(=O)N(C)[C@H](C)c2cccc3cn[nH]c23)ccc1-c1ccccc1. The van der Waals surface area contributed by atoms with Crippen LogP contribution >= 0.6 is 0 Å². The number of rotatable bonds is 6. The van der Waals surface area contributed by atoms with Crippen molar-refractivity contribution in [3.8, 4) is 16.9 Å². The van der Waals surface area contributed by atoms with Crippen LogP contribution < -0.4 is 4.74 Å². The van der Waals surface area contributed by atoms with E-state index in [1.54, 1.807) is 11.1 Å². The Morgan fingerprint density at radius 3 is 2.67 bits per heavy atom. The molecule has 3 aromatic carbocycles. The molecule has 0 aliphatic rings. The van der Waals surface area contributed by atoms with Gasteiger partial charge in [0, 0.05) is 29.1 Å². The van der Waals surface area contributed by atoms with Gasteiger partial charge in [0.15, 0.2) is 0 Å². The molecule has 4 rings (SSSR count). The molecular formula is C25H25N3O2. The van der Waals surface area contributed by atoms with Crippen LogP contribution in [0.15, 0.2) is 72.9 Å². The number of hydrogen-bond acceptors (Lipinski definition) is 3. The lowest BCUT2D eigenvalue weighted by molar-refractivity contribution is 0.0743. The van der Waals surface area contributed by atoms with Crippen molar-refractivity contribution in [1.82, 2.24) is 15.1 Å². The maximum Gasteiger partial charge on any atom is 0.254 e. The fourth-order valence-electron chi connectivity index (χ4n) is 3.71. The molecule has 0 fully saturated rings. The number of aromatic amines is 1. The largest absolute Gasteiger partial charge is 0.493 e. The van der Waals surface area contributed by atoms with Crippen LogP contribution in [0.2, 0.25) is 0 Å². The van der Waals surface area contributed by atoms with Crippen LogP contribution in [0, 0.1) is 0 Å². The minimum atomic E-state index is -0.119. The Labute approximate surface area is 176 Å². The van der Waals surface area contributed by atoms with Gasteiger partial charge in [-0.15, -0.1) is 0 Å². The highest BCUT2D eigenvalue weighted by Crippen LogP contribution is 2.32. The molecule has 0 unspecified atom stereocenters. The van der Waals surface area contributed by atoms with Crippen molar-refractivity contribution in [2.45, 2.75) is 19.9 Å². The summed E-state index contributed by atoms with van der Waals surface area (Å²) < 4.78 is 5.87. The molecule has 1 atom stereocenters.